The van der Waals surface area contributed by atoms with Crippen LogP contribution < -0.4 is 4.90 Å². The van der Waals surface area contributed by atoms with Gasteiger partial charge in [0.2, 0.25) is 0 Å². The van der Waals surface area contributed by atoms with Crippen molar-refractivity contribution in [3.05, 3.63) is 33.1 Å². The Balaban J connectivity index is 1.78. The number of thioether (sulfide) groups is 1. The van der Waals surface area contributed by atoms with Gasteiger partial charge >= 0.3 is 0 Å². The Hall–Kier alpha value is -1.18. The second-order valence-electron chi connectivity index (χ2n) is 7.16. The van der Waals surface area contributed by atoms with E-state index in [2.05, 4.69) is 15.9 Å². The average molecular weight is 465 g/mol. The molecular weight excluding hydrogens is 444 g/mol. The topological polar surface area (TPSA) is 40.6 Å². The summed E-state index contributed by atoms with van der Waals surface area (Å²) in [6.45, 7) is 2.69. The van der Waals surface area contributed by atoms with Crippen LogP contribution in [0.2, 0.25) is 0 Å². The molecule has 1 aromatic rings. The van der Waals surface area contributed by atoms with Crippen molar-refractivity contribution in [1.29, 1.82) is 0 Å². The number of carbonyl (C=O) groups is 2. The summed E-state index contributed by atoms with van der Waals surface area (Å²) in [4.78, 5) is 30.5. The molecular formula is C20H21BrN2O2S2. The molecule has 7 heteroatoms. The van der Waals surface area contributed by atoms with Crippen LogP contribution in [0, 0.1) is 0 Å². The van der Waals surface area contributed by atoms with Crippen molar-refractivity contribution in [1.82, 2.24) is 4.90 Å². The fraction of sp³-hybridized carbons (Fsp3) is 0.450. The second-order valence-corrected chi connectivity index (χ2v) is 9.72. The maximum Gasteiger partial charge on any atom is 0.267 e. The van der Waals surface area contributed by atoms with Gasteiger partial charge in [0.25, 0.3) is 11.8 Å². The van der Waals surface area contributed by atoms with Crippen LogP contribution in [0.25, 0.3) is 5.57 Å². The molecule has 1 saturated carbocycles. The minimum Gasteiger partial charge on any atom is -0.308 e. The maximum atomic E-state index is 13.3. The molecule has 1 saturated heterocycles. The molecule has 1 aliphatic carbocycles. The van der Waals surface area contributed by atoms with Gasteiger partial charge in [0, 0.05) is 22.6 Å². The van der Waals surface area contributed by atoms with Crippen molar-refractivity contribution in [3.63, 3.8) is 0 Å². The zero-order chi connectivity index (χ0) is 19.1. The first kappa shape index (κ1) is 19.2. The first-order valence-corrected chi connectivity index (χ1v) is 11.5. The van der Waals surface area contributed by atoms with E-state index in [0.717, 1.165) is 47.8 Å². The van der Waals surface area contributed by atoms with Crippen LogP contribution in [-0.4, -0.2) is 33.6 Å². The Labute approximate surface area is 177 Å². The van der Waals surface area contributed by atoms with Gasteiger partial charge in [0.15, 0.2) is 0 Å². The number of benzene rings is 1. The molecule has 2 aliphatic heterocycles. The van der Waals surface area contributed by atoms with Crippen molar-refractivity contribution in [2.45, 2.75) is 51.5 Å². The summed E-state index contributed by atoms with van der Waals surface area (Å²) in [6, 6.07) is 5.99. The van der Waals surface area contributed by atoms with E-state index in [1.165, 1.54) is 18.2 Å². The monoisotopic (exact) mass is 464 g/mol. The lowest BCUT2D eigenvalue weighted by molar-refractivity contribution is -0.124. The van der Waals surface area contributed by atoms with E-state index < -0.39 is 0 Å². The van der Waals surface area contributed by atoms with Crippen LogP contribution in [-0.2, 0) is 9.59 Å². The standard InChI is InChI=1S/C20H21BrN2O2S2/c1-2-10-22-15-9-8-12(21)11-14(15)16(18(22)24)17-19(25)23(20(26)27-17)13-6-4-3-5-7-13/h8-9,11,13H,2-7,10H2,1H3. The lowest BCUT2D eigenvalue weighted by Crippen LogP contribution is -2.40. The van der Waals surface area contributed by atoms with E-state index in [4.69, 9.17) is 12.2 Å². The molecule has 142 valence electrons. The van der Waals surface area contributed by atoms with Crippen molar-refractivity contribution in [3.8, 4) is 0 Å². The molecule has 0 radical (unpaired) electrons. The number of rotatable bonds is 3. The van der Waals surface area contributed by atoms with Crippen molar-refractivity contribution >= 4 is 67.3 Å². The van der Waals surface area contributed by atoms with E-state index >= 15 is 0 Å². The second kappa shape index (κ2) is 7.68. The zero-order valence-electron chi connectivity index (χ0n) is 15.2. The molecule has 4 rings (SSSR count). The van der Waals surface area contributed by atoms with Gasteiger partial charge in [0.05, 0.1) is 16.2 Å². The van der Waals surface area contributed by atoms with Crippen LogP contribution in [0.3, 0.4) is 0 Å². The lowest BCUT2D eigenvalue weighted by Gasteiger charge is -2.29. The average Bonchev–Trinajstić information content (AvgIpc) is 3.09. The van der Waals surface area contributed by atoms with E-state index in [1.54, 1.807) is 9.80 Å². The molecule has 4 nitrogen and oxygen atoms in total. The van der Waals surface area contributed by atoms with Gasteiger partial charge in [-0.05, 0) is 37.5 Å². The number of hydrogen-bond donors (Lipinski definition) is 0. The molecule has 2 fully saturated rings. The van der Waals surface area contributed by atoms with Crippen molar-refractivity contribution in [2.24, 2.45) is 0 Å². The normalized spacial score (nSPS) is 23.6. The minimum atomic E-state index is -0.0930. The van der Waals surface area contributed by atoms with Crippen LogP contribution >= 0.6 is 39.9 Å². The highest BCUT2D eigenvalue weighted by Gasteiger charge is 2.44. The molecule has 3 aliphatic rings. The zero-order valence-corrected chi connectivity index (χ0v) is 18.4. The number of halogens is 1. The minimum absolute atomic E-state index is 0.0888. The van der Waals surface area contributed by atoms with Gasteiger partial charge in [-0.25, -0.2) is 0 Å². The van der Waals surface area contributed by atoms with E-state index in [9.17, 15) is 9.59 Å². The molecule has 0 unspecified atom stereocenters. The predicted molar refractivity (Wildman–Crippen MR) is 118 cm³/mol. The summed E-state index contributed by atoms with van der Waals surface area (Å²) in [6.07, 6.45) is 6.33. The van der Waals surface area contributed by atoms with Gasteiger partial charge in [0.1, 0.15) is 4.32 Å². The fourth-order valence-corrected chi connectivity index (χ4v) is 5.99. The maximum absolute atomic E-state index is 13.3. The fourth-order valence-electron chi connectivity index (χ4n) is 4.15. The number of nitrogens with zero attached hydrogens (tertiary/aromatic N) is 2. The summed E-state index contributed by atoms with van der Waals surface area (Å²) in [5.41, 5.74) is 2.21. The lowest BCUT2D eigenvalue weighted by atomic mass is 9.94. The Bertz CT molecular complexity index is 862. The predicted octanol–water partition coefficient (Wildman–Crippen LogP) is 5.11. The first-order valence-electron chi connectivity index (χ1n) is 9.44. The number of hydrogen-bond acceptors (Lipinski definition) is 4. The summed E-state index contributed by atoms with van der Waals surface area (Å²) in [5, 5.41) is 0. The Morgan fingerprint density at radius 3 is 2.63 bits per heavy atom. The summed E-state index contributed by atoms with van der Waals surface area (Å²) in [5.74, 6) is -0.182. The first-order chi connectivity index (χ1) is 13.0. The van der Waals surface area contributed by atoms with Gasteiger partial charge in [-0.2, -0.15) is 0 Å². The number of thiocarbonyl (C=S) groups is 1. The summed E-state index contributed by atoms with van der Waals surface area (Å²) in [7, 11) is 0. The van der Waals surface area contributed by atoms with Gasteiger partial charge in [-0.3, -0.25) is 14.5 Å². The molecule has 0 bridgehead atoms. The Morgan fingerprint density at radius 2 is 1.93 bits per heavy atom. The molecule has 2 amide bonds. The third-order valence-electron chi connectivity index (χ3n) is 5.39. The van der Waals surface area contributed by atoms with Crippen LogP contribution in [0.1, 0.15) is 51.0 Å². The number of amides is 2. The van der Waals surface area contributed by atoms with Gasteiger partial charge < -0.3 is 4.90 Å². The summed E-state index contributed by atoms with van der Waals surface area (Å²) >= 11 is 10.3. The molecule has 27 heavy (non-hydrogen) atoms. The van der Waals surface area contributed by atoms with Gasteiger partial charge in [-0.15, -0.1) is 0 Å². The molecule has 0 N–H and O–H groups in total. The number of anilines is 1. The molecule has 0 spiro atoms. The largest absolute Gasteiger partial charge is 0.308 e. The number of carbonyl (C=O) groups excluding carboxylic acids is 2. The SMILES string of the molecule is CCCN1C(=O)C(=C2SC(=S)N(C3CCCCC3)C2=O)c2cc(Br)ccc21. The quantitative estimate of drug-likeness (QED) is 0.460. The van der Waals surface area contributed by atoms with E-state index in [0.29, 0.717) is 21.3 Å². The molecule has 0 aromatic heterocycles. The Morgan fingerprint density at radius 1 is 1.19 bits per heavy atom. The van der Waals surface area contributed by atoms with Crippen molar-refractivity contribution < 1.29 is 9.59 Å². The molecule has 2 heterocycles. The molecule has 1 aromatic carbocycles. The number of fused-ring (bicyclic) bond motifs is 1. The highest BCUT2D eigenvalue weighted by molar-refractivity contribution is 9.10. The third-order valence-corrected chi connectivity index (χ3v) is 7.29. The van der Waals surface area contributed by atoms with Crippen LogP contribution in [0.4, 0.5) is 5.69 Å². The smallest absolute Gasteiger partial charge is 0.267 e. The van der Waals surface area contributed by atoms with Crippen LogP contribution in [0.5, 0.6) is 0 Å². The van der Waals surface area contributed by atoms with Gasteiger partial charge in [-0.1, -0.05) is 66.1 Å². The highest BCUT2D eigenvalue weighted by Crippen LogP contribution is 2.46. The third kappa shape index (κ3) is 3.28. The summed E-state index contributed by atoms with van der Waals surface area (Å²) < 4.78 is 1.49. The van der Waals surface area contributed by atoms with Crippen molar-refractivity contribution in [2.75, 3.05) is 11.4 Å². The highest BCUT2D eigenvalue weighted by atomic mass is 79.9. The Kier molecular flexibility index (Phi) is 5.45. The van der Waals surface area contributed by atoms with E-state index in [-0.39, 0.29) is 17.9 Å². The van der Waals surface area contributed by atoms with Crippen LogP contribution in [0.15, 0.2) is 27.6 Å². The molecule has 0 atom stereocenters. The van der Waals surface area contributed by atoms with E-state index in [1.807, 2.05) is 25.1 Å².